The second-order valence-corrected chi connectivity index (χ2v) is 10.5. The monoisotopic (exact) mass is 757 g/mol. The Morgan fingerprint density at radius 3 is 1.14 bits per heavy atom. The van der Waals surface area contributed by atoms with Crippen molar-refractivity contribution in [3.8, 4) is 18.0 Å². The van der Waals surface area contributed by atoms with Crippen molar-refractivity contribution in [3.05, 3.63) is 0 Å². The van der Waals surface area contributed by atoms with Crippen LogP contribution < -0.4 is 28.9 Å². The average molecular weight is 757 g/mol. The molecule has 2 aliphatic heterocycles. The molecule has 0 spiro atoms. The maximum atomic E-state index is 13.1. The third-order valence-electron chi connectivity index (χ3n) is 6.66. The highest BCUT2D eigenvalue weighted by Gasteiger charge is 2.61. The molecule has 0 bridgehead atoms. The van der Waals surface area contributed by atoms with Crippen molar-refractivity contribution in [2.24, 2.45) is 0 Å². The normalized spacial score (nSPS) is 17.1. The summed E-state index contributed by atoms with van der Waals surface area (Å²) in [6.07, 6.45) is -36.6. The van der Waals surface area contributed by atoms with Gasteiger partial charge in [0.1, 0.15) is 0 Å². The number of piperazine rings is 1. The fourth-order valence-electron chi connectivity index (χ4n) is 4.45. The first-order chi connectivity index (χ1) is 22.9. The van der Waals surface area contributed by atoms with E-state index in [0.717, 1.165) is 11.3 Å². The van der Waals surface area contributed by atoms with Gasteiger partial charge < -0.3 is 28.9 Å². The first-order valence-electron chi connectivity index (χ1n) is 14.0. The summed E-state index contributed by atoms with van der Waals surface area (Å²) in [4.78, 5) is 25.1. The molecular weight excluding hydrogens is 735 g/mol. The molecule has 2 aliphatic rings. The summed E-state index contributed by atoms with van der Waals surface area (Å²) in [5, 5.41) is 0. The van der Waals surface area contributed by atoms with Crippen molar-refractivity contribution in [2.45, 2.75) is 62.4 Å². The molecule has 0 radical (unpaired) electrons. The fourth-order valence-corrected chi connectivity index (χ4v) is 4.45. The lowest BCUT2D eigenvalue weighted by atomic mass is 10.1. The molecule has 27 heteroatoms. The van der Waals surface area contributed by atoms with E-state index in [1.165, 1.54) is 4.90 Å². The molecule has 0 unspecified atom stereocenters. The first-order valence-corrected chi connectivity index (χ1v) is 14.0. The van der Waals surface area contributed by atoms with Gasteiger partial charge in [-0.2, -0.15) is 90.8 Å². The summed E-state index contributed by atoms with van der Waals surface area (Å²) in [6.45, 7) is -2.21. The molecule has 0 N–H and O–H groups in total. The lowest BCUT2D eigenvalue weighted by Gasteiger charge is -2.35. The lowest BCUT2D eigenvalue weighted by molar-refractivity contribution is -0.302. The third-order valence-corrected chi connectivity index (χ3v) is 6.66. The highest BCUT2D eigenvalue weighted by molar-refractivity contribution is 5.43. The summed E-state index contributed by atoms with van der Waals surface area (Å²) in [6, 6.07) is -4.67. The van der Waals surface area contributed by atoms with Crippen molar-refractivity contribution < 1.29 is 80.1 Å². The number of piperidine rings is 1. The summed E-state index contributed by atoms with van der Waals surface area (Å²) in [5.41, 5.74) is 0. The van der Waals surface area contributed by atoms with Crippen LogP contribution in [0.5, 0.6) is 18.0 Å². The van der Waals surface area contributed by atoms with Gasteiger partial charge in [0, 0.05) is 39.3 Å². The van der Waals surface area contributed by atoms with Crippen LogP contribution in [0.3, 0.4) is 0 Å². The second kappa shape index (κ2) is 14.2. The van der Waals surface area contributed by atoms with Crippen LogP contribution in [-0.4, -0.2) is 119 Å². The zero-order valence-corrected chi connectivity index (χ0v) is 24.6. The molecule has 2 aromatic rings. The van der Waals surface area contributed by atoms with Gasteiger partial charge in [-0.05, 0) is 19.3 Å². The molecule has 4 rings (SSSR count). The quantitative estimate of drug-likeness (QED) is 0.319. The molecule has 2 saturated heterocycles. The summed E-state index contributed by atoms with van der Waals surface area (Å²) in [5.74, 6) is -1.31. The number of hydrogen-bond acceptors (Lipinski definition) is 12. The molecule has 4 heterocycles. The lowest BCUT2D eigenvalue weighted by Crippen LogP contribution is -2.49. The van der Waals surface area contributed by atoms with Crippen LogP contribution in [0.15, 0.2) is 0 Å². The van der Waals surface area contributed by atoms with Crippen molar-refractivity contribution in [1.29, 1.82) is 0 Å². The van der Waals surface area contributed by atoms with E-state index in [-0.39, 0.29) is 25.0 Å². The molecule has 0 atom stereocenters. The Bertz CT molecular complexity index is 1360. The Morgan fingerprint density at radius 1 is 0.440 bits per heavy atom. The highest BCUT2D eigenvalue weighted by atomic mass is 19.4. The Balaban J connectivity index is 1.63. The Hall–Kier alpha value is -4.23. The Morgan fingerprint density at radius 2 is 0.780 bits per heavy atom. The summed E-state index contributed by atoms with van der Waals surface area (Å²) in [7, 11) is 0. The van der Waals surface area contributed by atoms with Crippen LogP contribution in [0.1, 0.15) is 19.3 Å². The topological polar surface area (TPSA) is 115 Å². The number of ether oxygens (including phenoxy) is 3. The predicted octanol–water partition coefficient (Wildman–Crippen LogP) is 5.06. The minimum Gasteiger partial charge on any atom is -0.454 e. The number of nitrogens with zero attached hydrogens (tertiary/aromatic N) is 9. The van der Waals surface area contributed by atoms with Gasteiger partial charge in [-0.15, -0.1) is 4.98 Å². The molecule has 282 valence electrons. The molecule has 0 aromatic carbocycles. The van der Waals surface area contributed by atoms with Gasteiger partial charge >= 0.3 is 48.9 Å². The van der Waals surface area contributed by atoms with Crippen molar-refractivity contribution in [1.82, 2.24) is 29.9 Å². The zero-order chi connectivity index (χ0) is 37.3. The van der Waals surface area contributed by atoms with Crippen LogP contribution in [0.25, 0.3) is 0 Å². The smallest absolute Gasteiger partial charge is 0.434 e. The van der Waals surface area contributed by atoms with Crippen molar-refractivity contribution in [3.63, 3.8) is 0 Å². The number of halogens is 15. The van der Waals surface area contributed by atoms with E-state index in [9.17, 15) is 65.9 Å². The molecule has 2 aromatic heterocycles. The number of hydrogen-bond donors (Lipinski definition) is 0. The van der Waals surface area contributed by atoms with Gasteiger partial charge in [0.05, 0.1) is 0 Å². The molecule has 50 heavy (non-hydrogen) atoms. The van der Waals surface area contributed by atoms with E-state index in [1.54, 1.807) is 4.90 Å². The van der Waals surface area contributed by atoms with Crippen LogP contribution in [0.4, 0.5) is 83.7 Å². The van der Waals surface area contributed by atoms with E-state index in [2.05, 4.69) is 44.1 Å². The van der Waals surface area contributed by atoms with Crippen LogP contribution >= 0.6 is 0 Å². The maximum Gasteiger partial charge on any atom is 0.434 e. The summed E-state index contributed by atoms with van der Waals surface area (Å²) >= 11 is 0. The van der Waals surface area contributed by atoms with E-state index in [1.807, 2.05) is 0 Å². The van der Waals surface area contributed by atoms with E-state index in [4.69, 9.17) is 0 Å². The van der Waals surface area contributed by atoms with Crippen LogP contribution in [-0.2, 0) is 0 Å². The molecule has 0 aliphatic carbocycles. The average Bonchev–Trinajstić information content (AvgIpc) is 2.99. The number of rotatable bonds is 9. The number of alkyl halides is 15. The second-order valence-electron chi connectivity index (χ2n) is 10.5. The van der Waals surface area contributed by atoms with Gasteiger partial charge in [-0.3, -0.25) is 0 Å². The van der Waals surface area contributed by atoms with Gasteiger partial charge in [-0.1, -0.05) is 0 Å². The van der Waals surface area contributed by atoms with Gasteiger partial charge in [0.15, 0.2) is 6.61 Å². The minimum atomic E-state index is -6.20. The van der Waals surface area contributed by atoms with Gasteiger partial charge in [-0.25, -0.2) is 0 Å². The molecule has 2 fully saturated rings. The maximum absolute atomic E-state index is 13.1. The SMILES string of the molecule is FC(F)(F)COc1nc(N2CCCCC2)nc(N2CCN(c3nc(OC(C(F)(F)F)C(F)(F)F)nc(OC(C(F)(F)F)C(F)(F)F)n3)CC2)n1. The molecule has 0 amide bonds. The Labute approximate surface area is 269 Å². The fraction of sp³-hybridized carbons (Fsp3) is 0.739. The van der Waals surface area contributed by atoms with Gasteiger partial charge in [0.25, 0.3) is 12.2 Å². The van der Waals surface area contributed by atoms with Gasteiger partial charge in [0.2, 0.25) is 17.8 Å². The first kappa shape index (κ1) is 38.6. The van der Waals surface area contributed by atoms with E-state index in [0.29, 0.717) is 25.9 Å². The zero-order valence-electron chi connectivity index (χ0n) is 24.6. The summed E-state index contributed by atoms with van der Waals surface area (Å²) < 4.78 is 208. The molecule has 0 saturated carbocycles. The predicted molar refractivity (Wildman–Crippen MR) is 135 cm³/mol. The van der Waals surface area contributed by atoms with Crippen LogP contribution in [0, 0.1) is 0 Å². The molecular formula is C23H22F15N9O3. The Kier molecular flexibility index (Phi) is 10.9. The minimum absolute atomic E-state index is 0.0388. The van der Waals surface area contributed by atoms with Crippen LogP contribution in [0.2, 0.25) is 0 Å². The standard InChI is InChI=1S/C23H22F15N9O3/c24-19(25,26)10-48-16-40-13(45-4-2-1-3-5-45)39-14(41-16)46-6-8-47(9-7-46)15-42-17(49-11(20(27,28)29)21(30,31)32)44-18(43-15)50-12(22(33,34)35)23(36,37)38/h11-12H,1-10H2. The van der Waals surface area contributed by atoms with Crippen molar-refractivity contribution >= 4 is 17.8 Å². The highest BCUT2D eigenvalue weighted by Crippen LogP contribution is 2.38. The van der Waals surface area contributed by atoms with E-state index < -0.39 is 86.8 Å². The van der Waals surface area contributed by atoms with E-state index >= 15 is 0 Å². The van der Waals surface area contributed by atoms with Crippen molar-refractivity contribution in [2.75, 3.05) is 60.6 Å². The molecule has 12 nitrogen and oxygen atoms in total. The number of aromatic nitrogens is 6. The largest absolute Gasteiger partial charge is 0.454 e. The number of anilines is 3. The third kappa shape index (κ3) is 10.4.